The molecular formula is C32H40ClN3O7S. The average Bonchev–Trinajstić information content (AvgIpc) is 3.03. The average molecular weight is 646 g/mol. The quantitative estimate of drug-likeness (QED) is 0.211. The van der Waals surface area contributed by atoms with Crippen molar-refractivity contribution in [1.82, 2.24) is 10.2 Å². The summed E-state index contributed by atoms with van der Waals surface area (Å²) in [4.78, 5) is 28.9. The fourth-order valence-corrected chi connectivity index (χ4v) is 6.19. The van der Waals surface area contributed by atoms with Gasteiger partial charge < -0.3 is 24.4 Å². The predicted molar refractivity (Wildman–Crippen MR) is 171 cm³/mol. The number of hydrogen-bond acceptors (Lipinski definition) is 7. The van der Waals surface area contributed by atoms with Gasteiger partial charge in [0.2, 0.25) is 11.8 Å². The van der Waals surface area contributed by atoms with Gasteiger partial charge in [-0.1, -0.05) is 44.0 Å². The second-order valence-electron chi connectivity index (χ2n) is 9.95. The van der Waals surface area contributed by atoms with Crippen LogP contribution in [0, 0.1) is 0 Å². The molecule has 3 aromatic carbocycles. The topological polar surface area (TPSA) is 114 Å². The zero-order chi connectivity index (χ0) is 32.3. The number of hydrogen-bond donors (Lipinski definition) is 1. The van der Waals surface area contributed by atoms with Crippen LogP contribution in [-0.4, -0.2) is 65.6 Å². The Balaban J connectivity index is 2.08. The van der Waals surface area contributed by atoms with Gasteiger partial charge in [-0.2, -0.15) is 0 Å². The third kappa shape index (κ3) is 8.57. The molecule has 3 rings (SSSR count). The molecule has 0 spiro atoms. The predicted octanol–water partition coefficient (Wildman–Crippen LogP) is 5.28. The van der Waals surface area contributed by atoms with Crippen LogP contribution in [0.3, 0.4) is 0 Å². The summed E-state index contributed by atoms with van der Waals surface area (Å²) in [5.41, 5.74) is 0.942. The highest BCUT2D eigenvalue weighted by molar-refractivity contribution is 7.92. The van der Waals surface area contributed by atoms with E-state index in [1.165, 1.54) is 49.5 Å². The van der Waals surface area contributed by atoms with Crippen LogP contribution in [0.15, 0.2) is 71.6 Å². The van der Waals surface area contributed by atoms with Gasteiger partial charge in [-0.05, 0) is 66.9 Å². The van der Waals surface area contributed by atoms with Crippen LogP contribution >= 0.6 is 11.6 Å². The largest absolute Gasteiger partial charge is 0.497 e. The molecule has 1 atom stereocenters. The lowest BCUT2D eigenvalue weighted by Gasteiger charge is -2.33. The van der Waals surface area contributed by atoms with Gasteiger partial charge in [-0.15, -0.1) is 0 Å². The Hall–Kier alpha value is -3.96. The SMILES string of the molecule is CCCCNC(=O)C(CC)N(Cc1cccc(OC)c1)C(=O)CN(c1ccc(Cl)cc1)S(=O)(=O)c1ccc(OC)c(OC)c1. The van der Waals surface area contributed by atoms with Crippen molar-refractivity contribution < 1.29 is 32.2 Å². The molecule has 0 fully saturated rings. The number of unbranched alkanes of at least 4 members (excludes halogenated alkanes) is 1. The first-order valence-corrected chi connectivity index (χ1v) is 16.1. The Morgan fingerprint density at radius 2 is 1.61 bits per heavy atom. The van der Waals surface area contributed by atoms with Crippen molar-refractivity contribution in [1.29, 1.82) is 0 Å². The molecule has 0 radical (unpaired) electrons. The molecule has 0 aromatic heterocycles. The molecule has 0 saturated heterocycles. The number of ether oxygens (including phenoxy) is 3. The molecule has 44 heavy (non-hydrogen) atoms. The van der Waals surface area contributed by atoms with Crippen molar-refractivity contribution in [2.24, 2.45) is 0 Å². The Kier molecular flexibility index (Phi) is 12.7. The van der Waals surface area contributed by atoms with Gasteiger partial charge in [-0.25, -0.2) is 8.42 Å². The van der Waals surface area contributed by atoms with E-state index in [2.05, 4.69) is 5.32 Å². The van der Waals surface area contributed by atoms with Gasteiger partial charge in [0.15, 0.2) is 11.5 Å². The lowest BCUT2D eigenvalue weighted by Crippen LogP contribution is -2.52. The third-order valence-corrected chi connectivity index (χ3v) is 9.06. The molecule has 10 nitrogen and oxygen atoms in total. The van der Waals surface area contributed by atoms with Crippen LogP contribution in [0.25, 0.3) is 0 Å². The normalized spacial score (nSPS) is 11.8. The van der Waals surface area contributed by atoms with E-state index < -0.39 is 28.5 Å². The molecule has 0 aliphatic rings. The molecule has 0 saturated carbocycles. The first kappa shape index (κ1) is 34.5. The molecule has 0 bridgehead atoms. The van der Waals surface area contributed by atoms with Crippen LogP contribution in [0.1, 0.15) is 38.7 Å². The van der Waals surface area contributed by atoms with Crippen molar-refractivity contribution in [3.05, 3.63) is 77.3 Å². The Morgan fingerprint density at radius 3 is 2.23 bits per heavy atom. The van der Waals surface area contributed by atoms with Crippen LogP contribution in [0.4, 0.5) is 5.69 Å². The number of amides is 2. The number of rotatable bonds is 16. The van der Waals surface area contributed by atoms with Crippen LogP contribution in [-0.2, 0) is 26.2 Å². The van der Waals surface area contributed by atoms with Gasteiger partial charge >= 0.3 is 0 Å². The van der Waals surface area contributed by atoms with Crippen molar-refractivity contribution >= 4 is 39.1 Å². The minimum absolute atomic E-state index is 0.0562. The molecule has 0 heterocycles. The molecule has 12 heteroatoms. The number of carbonyl (C=O) groups excluding carboxylic acids is 2. The summed E-state index contributed by atoms with van der Waals surface area (Å²) in [7, 11) is 0.0755. The molecule has 2 amide bonds. The van der Waals surface area contributed by atoms with E-state index in [-0.39, 0.29) is 28.8 Å². The van der Waals surface area contributed by atoms with Gasteiger partial charge in [-0.3, -0.25) is 13.9 Å². The number of halogens is 1. The maximum absolute atomic E-state index is 14.2. The van der Waals surface area contributed by atoms with Crippen molar-refractivity contribution in [2.45, 2.75) is 50.6 Å². The maximum atomic E-state index is 14.2. The van der Waals surface area contributed by atoms with E-state index >= 15 is 0 Å². The standard InChI is InChI=1S/C32H40ClN3O7S/c1-6-8-18-34-32(38)28(7-2)35(21-23-10-9-11-26(19-23)41-3)31(37)22-36(25-14-12-24(33)13-15-25)44(39,40)27-16-17-29(42-4)30(20-27)43-5/h9-17,19-20,28H,6-8,18,21-22H2,1-5H3,(H,34,38). The fourth-order valence-electron chi connectivity index (χ4n) is 4.63. The molecule has 238 valence electrons. The van der Waals surface area contributed by atoms with Crippen molar-refractivity contribution in [3.63, 3.8) is 0 Å². The minimum atomic E-state index is -4.32. The second-order valence-corrected chi connectivity index (χ2v) is 12.2. The van der Waals surface area contributed by atoms with Crippen molar-refractivity contribution in [3.8, 4) is 17.2 Å². The molecule has 1 N–H and O–H groups in total. The highest BCUT2D eigenvalue weighted by Gasteiger charge is 2.34. The smallest absolute Gasteiger partial charge is 0.264 e. The van der Waals surface area contributed by atoms with Crippen LogP contribution < -0.4 is 23.8 Å². The first-order valence-electron chi connectivity index (χ1n) is 14.3. The highest BCUT2D eigenvalue weighted by Crippen LogP contribution is 2.33. The zero-order valence-electron chi connectivity index (χ0n) is 25.7. The number of nitrogens with zero attached hydrogens (tertiary/aromatic N) is 2. The van der Waals surface area contributed by atoms with E-state index in [1.54, 1.807) is 37.4 Å². The number of nitrogens with one attached hydrogen (secondary N) is 1. The number of benzene rings is 3. The molecule has 0 aliphatic heterocycles. The number of sulfonamides is 1. The van der Waals surface area contributed by atoms with Gasteiger partial charge in [0.25, 0.3) is 10.0 Å². The van der Waals surface area contributed by atoms with Crippen LogP contribution in [0.2, 0.25) is 5.02 Å². The van der Waals surface area contributed by atoms with E-state index in [0.717, 1.165) is 22.7 Å². The molecule has 1 unspecified atom stereocenters. The summed E-state index contributed by atoms with van der Waals surface area (Å²) in [6.07, 6.45) is 2.00. The molecular weight excluding hydrogens is 606 g/mol. The van der Waals surface area contributed by atoms with Gasteiger partial charge in [0, 0.05) is 24.2 Å². The minimum Gasteiger partial charge on any atom is -0.497 e. The zero-order valence-corrected chi connectivity index (χ0v) is 27.3. The Labute approximate surface area is 264 Å². The maximum Gasteiger partial charge on any atom is 0.264 e. The van der Waals surface area contributed by atoms with Crippen LogP contribution in [0.5, 0.6) is 17.2 Å². The number of carbonyl (C=O) groups is 2. The van der Waals surface area contributed by atoms with Gasteiger partial charge in [0.1, 0.15) is 18.3 Å². The van der Waals surface area contributed by atoms with Crippen molar-refractivity contribution in [2.75, 3.05) is 38.7 Å². The third-order valence-electron chi connectivity index (χ3n) is 7.04. The lowest BCUT2D eigenvalue weighted by molar-refractivity contribution is -0.140. The van der Waals surface area contributed by atoms with Gasteiger partial charge in [0.05, 0.1) is 31.9 Å². The molecule has 0 aliphatic carbocycles. The fraction of sp³-hybridized carbons (Fsp3) is 0.375. The lowest BCUT2D eigenvalue weighted by atomic mass is 10.1. The summed E-state index contributed by atoms with van der Waals surface area (Å²) in [6.45, 7) is 3.78. The summed E-state index contributed by atoms with van der Waals surface area (Å²) in [6, 6.07) is 16.7. The second kappa shape index (κ2) is 16.2. The van der Waals surface area contributed by atoms with E-state index in [1.807, 2.05) is 19.9 Å². The summed E-state index contributed by atoms with van der Waals surface area (Å²) in [5.74, 6) is 0.284. The Bertz CT molecular complexity index is 1520. The van der Waals surface area contributed by atoms with E-state index in [4.69, 9.17) is 25.8 Å². The monoisotopic (exact) mass is 645 g/mol. The summed E-state index contributed by atoms with van der Waals surface area (Å²) < 4.78 is 45.3. The first-order chi connectivity index (χ1) is 21.1. The van der Waals surface area contributed by atoms with E-state index in [9.17, 15) is 18.0 Å². The van der Waals surface area contributed by atoms with E-state index in [0.29, 0.717) is 29.5 Å². The number of anilines is 1. The number of methoxy groups -OCH3 is 3. The highest BCUT2D eigenvalue weighted by atomic mass is 35.5. The molecule has 3 aromatic rings. The Morgan fingerprint density at radius 1 is 0.909 bits per heavy atom. The summed E-state index contributed by atoms with van der Waals surface area (Å²) in [5, 5.41) is 3.32. The summed E-state index contributed by atoms with van der Waals surface area (Å²) >= 11 is 6.11.